The fraction of sp³-hybridized carbons (Fsp3) is 0.192. The first-order valence-corrected chi connectivity index (χ1v) is 11.0. The number of methoxy groups -OCH3 is 2. The van der Waals surface area contributed by atoms with Crippen molar-refractivity contribution in [1.29, 1.82) is 0 Å². The Hall–Kier alpha value is -3.91. The Morgan fingerprint density at radius 1 is 0.971 bits per heavy atom. The number of hydrogen-bond acceptors (Lipinski definition) is 6. The lowest BCUT2D eigenvalue weighted by atomic mass is 10.1. The number of hydrogen-bond donors (Lipinski definition) is 2. The van der Waals surface area contributed by atoms with Crippen LogP contribution in [0.15, 0.2) is 52.9 Å². The highest BCUT2D eigenvalue weighted by Gasteiger charge is 2.20. The quantitative estimate of drug-likeness (QED) is 0.365. The highest BCUT2D eigenvalue weighted by molar-refractivity contribution is 7.80. The van der Waals surface area contributed by atoms with Crippen molar-refractivity contribution < 1.29 is 18.7 Å². The zero-order valence-corrected chi connectivity index (χ0v) is 20.4. The Bertz CT molecular complexity index is 1350. The van der Waals surface area contributed by atoms with Crippen LogP contribution < -0.4 is 20.1 Å². The number of anilines is 1. The van der Waals surface area contributed by atoms with Gasteiger partial charge in [-0.1, -0.05) is 12.1 Å². The molecule has 0 bridgehead atoms. The number of aryl methyl sites for hydroxylation is 2. The van der Waals surface area contributed by atoms with Crippen molar-refractivity contribution in [2.24, 2.45) is 0 Å². The number of carbonyl (C=O) groups excluding carboxylic acids is 1. The van der Waals surface area contributed by atoms with Gasteiger partial charge in [0.05, 0.1) is 14.2 Å². The van der Waals surface area contributed by atoms with Crippen molar-refractivity contribution in [3.8, 4) is 23.0 Å². The van der Waals surface area contributed by atoms with E-state index in [-0.39, 0.29) is 10.7 Å². The van der Waals surface area contributed by atoms with E-state index in [2.05, 4.69) is 22.5 Å². The van der Waals surface area contributed by atoms with Gasteiger partial charge in [-0.15, -0.1) is 0 Å². The molecule has 0 saturated heterocycles. The molecule has 0 saturated carbocycles. The predicted molar refractivity (Wildman–Crippen MR) is 137 cm³/mol. The van der Waals surface area contributed by atoms with E-state index in [9.17, 15) is 4.79 Å². The average Bonchev–Trinajstić information content (AvgIpc) is 3.22. The molecule has 7 nitrogen and oxygen atoms in total. The molecule has 0 unspecified atom stereocenters. The van der Waals surface area contributed by atoms with Gasteiger partial charge in [-0.3, -0.25) is 10.1 Å². The third-order valence-corrected chi connectivity index (χ3v) is 5.90. The van der Waals surface area contributed by atoms with Crippen molar-refractivity contribution in [2.45, 2.75) is 20.8 Å². The maximum absolute atomic E-state index is 12.9. The van der Waals surface area contributed by atoms with Crippen LogP contribution in [-0.4, -0.2) is 30.2 Å². The maximum Gasteiger partial charge on any atom is 0.264 e. The lowest BCUT2D eigenvalue weighted by Gasteiger charge is -2.15. The fourth-order valence-electron chi connectivity index (χ4n) is 3.69. The number of amides is 1. The molecule has 174 valence electrons. The summed E-state index contributed by atoms with van der Waals surface area (Å²) in [6, 6.07) is 14.8. The van der Waals surface area contributed by atoms with E-state index < -0.39 is 5.91 Å². The predicted octanol–water partition coefficient (Wildman–Crippen LogP) is 5.56. The van der Waals surface area contributed by atoms with E-state index in [0.29, 0.717) is 17.4 Å². The lowest BCUT2D eigenvalue weighted by Crippen LogP contribution is -2.34. The summed E-state index contributed by atoms with van der Waals surface area (Å²) in [4.78, 5) is 17.6. The summed E-state index contributed by atoms with van der Waals surface area (Å²) in [5.74, 6) is 0.860. The van der Waals surface area contributed by atoms with Crippen molar-refractivity contribution in [3.63, 3.8) is 0 Å². The van der Waals surface area contributed by atoms with Crippen LogP contribution in [0.2, 0.25) is 0 Å². The van der Waals surface area contributed by atoms with Gasteiger partial charge in [-0.25, -0.2) is 4.98 Å². The molecule has 0 radical (unpaired) electrons. The molecule has 3 aromatic carbocycles. The normalized spacial score (nSPS) is 10.7. The third-order valence-electron chi connectivity index (χ3n) is 5.70. The summed E-state index contributed by atoms with van der Waals surface area (Å²) in [5, 5.41) is 5.93. The van der Waals surface area contributed by atoms with Crippen molar-refractivity contribution in [2.75, 3.05) is 19.5 Å². The van der Waals surface area contributed by atoms with Crippen LogP contribution >= 0.6 is 12.2 Å². The van der Waals surface area contributed by atoms with Gasteiger partial charge in [0.2, 0.25) is 5.89 Å². The number of nitrogens with zero attached hydrogens (tertiary/aromatic N) is 1. The molecule has 0 aliphatic heterocycles. The minimum atomic E-state index is -0.440. The maximum atomic E-state index is 12.9. The average molecular weight is 476 g/mol. The molecule has 4 aromatic rings. The molecule has 1 heterocycles. The van der Waals surface area contributed by atoms with Gasteiger partial charge in [-0.2, -0.15) is 0 Å². The van der Waals surface area contributed by atoms with Crippen LogP contribution in [0.3, 0.4) is 0 Å². The number of ether oxygens (including phenoxy) is 2. The highest BCUT2D eigenvalue weighted by Crippen LogP contribution is 2.32. The second-order valence-electron chi connectivity index (χ2n) is 7.85. The second-order valence-corrected chi connectivity index (χ2v) is 8.26. The second kappa shape index (κ2) is 9.52. The smallest absolute Gasteiger partial charge is 0.264 e. The van der Waals surface area contributed by atoms with E-state index in [1.165, 1.54) is 14.2 Å². The number of rotatable bonds is 5. The van der Waals surface area contributed by atoms with E-state index >= 15 is 0 Å². The number of carbonyl (C=O) groups is 1. The molecule has 0 aliphatic rings. The minimum absolute atomic E-state index is 0.141. The summed E-state index contributed by atoms with van der Waals surface area (Å²) >= 11 is 5.41. The lowest BCUT2D eigenvalue weighted by molar-refractivity contribution is 0.0971. The Morgan fingerprint density at radius 2 is 1.62 bits per heavy atom. The van der Waals surface area contributed by atoms with E-state index in [0.717, 1.165) is 39.0 Å². The summed E-state index contributed by atoms with van der Waals surface area (Å²) in [7, 11) is 2.98. The van der Waals surface area contributed by atoms with Gasteiger partial charge >= 0.3 is 0 Å². The SMILES string of the molecule is COc1cccc(OC)c1C(=O)NC(=S)Nc1cccc(-c2nc3cc(C)c(C)cc3o2)c1C. The largest absolute Gasteiger partial charge is 0.496 e. The molecular weight excluding hydrogens is 450 g/mol. The van der Waals surface area contributed by atoms with E-state index in [1.54, 1.807) is 18.2 Å². The molecule has 0 spiro atoms. The zero-order valence-electron chi connectivity index (χ0n) is 19.6. The molecule has 4 rings (SSSR count). The molecule has 1 amide bonds. The van der Waals surface area contributed by atoms with Crippen LogP contribution in [-0.2, 0) is 0 Å². The van der Waals surface area contributed by atoms with Gasteiger partial charge in [0.1, 0.15) is 22.6 Å². The molecule has 0 atom stereocenters. The van der Waals surface area contributed by atoms with Crippen molar-refractivity contribution in [1.82, 2.24) is 10.3 Å². The van der Waals surface area contributed by atoms with Crippen LogP contribution in [0.4, 0.5) is 5.69 Å². The van der Waals surface area contributed by atoms with Gasteiger partial charge in [0.15, 0.2) is 10.7 Å². The topological polar surface area (TPSA) is 85.6 Å². The number of nitrogens with one attached hydrogen (secondary N) is 2. The summed E-state index contributed by atoms with van der Waals surface area (Å²) < 4.78 is 16.7. The first kappa shape index (κ1) is 23.3. The number of oxazole rings is 1. The fourth-order valence-corrected chi connectivity index (χ4v) is 3.89. The summed E-state index contributed by atoms with van der Waals surface area (Å²) in [6.45, 7) is 6.04. The first-order chi connectivity index (χ1) is 16.3. The molecule has 8 heteroatoms. The van der Waals surface area contributed by atoms with Gasteiger partial charge < -0.3 is 19.2 Å². The Morgan fingerprint density at radius 3 is 2.29 bits per heavy atom. The van der Waals surface area contributed by atoms with Crippen LogP contribution in [0.5, 0.6) is 11.5 Å². The Labute approximate surface area is 203 Å². The Balaban J connectivity index is 1.57. The van der Waals surface area contributed by atoms with Gasteiger partial charge in [0, 0.05) is 11.3 Å². The molecule has 0 aliphatic carbocycles. The van der Waals surface area contributed by atoms with Gasteiger partial charge in [-0.05, 0) is 86.1 Å². The van der Waals surface area contributed by atoms with Crippen LogP contribution in [0.25, 0.3) is 22.6 Å². The summed E-state index contributed by atoms with van der Waals surface area (Å²) in [6.07, 6.45) is 0. The molecule has 34 heavy (non-hydrogen) atoms. The molecular formula is C26H25N3O4S. The Kier molecular flexibility index (Phi) is 6.51. The number of fused-ring (bicyclic) bond motifs is 1. The minimum Gasteiger partial charge on any atom is -0.496 e. The number of benzene rings is 3. The van der Waals surface area contributed by atoms with Crippen molar-refractivity contribution in [3.05, 3.63) is 70.8 Å². The molecule has 2 N–H and O–H groups in total. The zero-order chi connectivity index (χ0) is 24.4. The van der Waals surface area contributed by atoms with E-state index in [4.69, 9.17) is 26.1 Å². The number of thiocarbonyl (C=S) groups is 1. The highest BCUT2D eigenvalue weighted by atomic mass is 32.1. The summed E-state index contributed by atoms with van der Waals surface area (Å²) in [5.41, 5.74) is 6.56. The molecule has 0 fully saturated rings. The standard InChI is InChI=1S/C26H25N3O4S/c1-14-12-19-22(13-15(14)2)33-25(27-19)17-8-6-9-18(16(17)3)28-26(34)29-24(30)23-20(31-4)10-7-11-21(23)32-5/h6-13H,1-5H3,(H2,28,29,30,34). The number of aromatic nitrogens is 1. The monoisotopic (exact) mass is 475 g/mol. The molecule has 1 aromatic heterocycles. The first-order valence-electron chi connectivity index (χ1n) is 10.6. The van der Waals surface area contributed by atoms with E-state index in [1.807, 2.05) is 44.2 Å². The van der Waals surface area contributed by atoms with Gasteiger partial charge in [0.25, 0.3) is 5.91 Å². The third kappa shape index (κ3) is 4.45. The van der Waals surface area contributed by atoms with Crippen LogP contribution in [0, 0.1) is 20.8 Å². The van der Waals surface area contributed by atoms with Crippen molar-refractivity contribution >= 4 is 40.0 Å². The van der Waals surface area contributed by atoms with Crippen LogP contribution in [0.1, 0.15) is 27.0 Å².